The first-order valence-electron chi connectivity index (χ1n) is 8.66. The Morgan fingerprint density at radius 1 is 0.839 bits per heavy atom. The Morgan fingerprint density at radius 2 is 1.32 bits per heavy atom. The second-order valence-corrected chi connectivity index (χ2v) is 8.78. The van der Waals surface area contributed by atoms with E-state index in [2.05, 4.69) is 5.32 Å². The summed E-state index contributed by atoms with van der Waals surface area (Å²) in [6.45, 7) is 1.47. The van der Waals surface area contributed by atoms with Crippen molar-refractivity contribution in [1.29, 1.82) is 0 Å². The van der Waals surface area contributed by atoms with E-state index >= 15 is 0 Å². The molecule has 0 spiro atoms. The first kappa shape index (κ1) is 24.6. The Morgan fingerprint density at radius 3 is 1.74 bits per heavy atom. The number of anilines is 1. The molecule has 0 unspecified atom stereocenters. The predicted octanol–water partition coefficient (Wildman–Crippen LogP) is 4.95. The highest BCUT2D eigenvalue weighted by molar-refractivity contribution is 7.91. The van der Waals surface area contributed by atoms with E-state index in [9.17, 15) is 43.9 Å². The molecule has 4 nitrogen and oxygen atoms in total. The van der Waals surface area contributed by atoms with Gasteiger partial charge in [-0.3, -0.25) is 4.79 Å². The number of carbonyl (C=O) groups is 1. The van der Waals surface area contributed by atoms with Crippen molar-refractivity contribution in [2.75, 3.05) is 11.1 Å². The summed E-state index contributed by atoms with van der Waals surface area (Å²) >= 11 is 0. The van der Waals surface area contributed by atoms with Gasteiger partial charge in [0.15, 0.2) is 9.84 Å². The van der Waals surface area contributed by atoms with Crippen LogP contribution in [0.1, 0.15) is 18.1 Å². The van der Waals surface area contributed by atoms with Crippen LogP contribution in [0.3, 0.4) is 0 Å². The molecule has 2 aromatic carbocycles. The second-order valence-electron chi connectivity index (χ2n) is 6.50. The van der Waals surface area contributed by atoms with Crippen LogP contribution < -0.4 is 5.32 Å². The van der Waals surface area contributed by atoms with Crippen molar-refractivity contribution in [3.63, 3.8) is 0 Å². The van der Waals surface area contributed by atoms with Crippen molar-refractivity contribution >= 4 is 21.4 Å². The van der Waals surface area contributed by atoms with Crippen LogP contribution in [-0.2, 0) is 26.7 Å². The van der Waals surface area contributed by atoms with Crippen LogP contribution in [0.15, 0.2) is 53.4 Å². The van der Waals surface area contributed by atoms with E-state index in [1.54, 1.807) is 0 Å². The van der Waals surface area contributed by atoms with Gasteiger partial charge in [-0.25, -0.2) is 12.8 Å². The molecular formula is C19H16F7NO3S. The van der Waals surface area contributed by atoms with Gasteiger partial charge in [0.1, 0.15) is 0 Å². The maximum absolute atomic E-state index is 14.0. The van der Waals surface area contributed by atoms with Gasteiger partial charge in [0, 0.05) is 11.3 Å². The third-order valence-electron chi connectivity index (χ3n) is 4.37. The van der Waals surface area contributed by atoms with E-state index in [1.807, 2.05) is 0 Å². The molecule has 1 amide bonds. The second kappa shape index (κ2) is 8.48. The normalized spacial score (nSPS) is 13.2. The van der Waals surface area contributed by atoms with Gasteiger partial charge in [0.05, 0.1) is 17.1 Å². The average molecular weight is 471 g/mol. The first-order valence-corrected chi connectivity index (χ1v) is 10.3. The minimum atomic E-state index is -6.23. The Hall–Kier alpha value is -2.63. The molecule has 31 heavy (non-hydrogen) atoms. The van der Waals surface area contributed by atoms with E-state index < -0.39 is 39.3 Å². The van der Waals surface area contributed by atoms with Crippen molar-refractivity contribution in [2.24, 2.45) is 0 Å². The van der Waals surface area contributed by atoms with Crippen molar-refractivity contribution in [3.8, 4) is 0 Å². The molecule has 0 saturated heterocycles. The largest absolute Gasteiger partial charge is 0.435 e. The fourth-order valence-electron chi connectivity index (χ4n) is 2.64. The number of carbonyl (C=O) groups excluding carboxylic acids is 1. The number of hydrogen-bond acceptors (Lipinski definition) is 3. The van der Waals surface area contributed by atoms with Gasteiger partial charge in [0.25, 0.3) is 0 Å². The SMILES string of the molecule is CCS(=O)(=O)c1ccc(CC(=O)Nc2ccc(C(F)(C(F)(F)F)C(F)(F)F)cc2)cc1. The molecule has 0 aliphatic heterocycles. The van der Waals surface area contributed by atoms with Gasteiger partial charge in [-0.1, -0.05) is 31.2 Å². The standard InChI is InChI=1S/C19H16F7NO3S/c1-2-31(29,30)15-9-3-12(4-10-15)11-16(28)27-14-7-5-13(6-8-14)17(20,18(21,22)23)19(24,25)26/h3-10H,2,11H2,1H3,(H,27,28). The van der Waals surface area contributed by atoms with E-state index in [1.165, 1.54) is 31.2 Å². The Balaban J connectivity index is 2.14. The summed E-state index contributed by atoms with van der Waals surface area (Å²) in [6, 6.07) is 7.44. The van der Waals surface area contributed by atoms with E-state index in [0.717, 1.165) is 12.1 Å². The molecule has 0 fully saturated rings. The van der Waals surface area contributed by atoms with Crippen LogP contribution in [0, 0.1) is 0 Å². The lowest BCUT2D eigenvalue weighted by Gasteiger charge is -2.30. The molecule has 2 aromatic rings. The number of nitrogens with one attached hydrogen (secondary N) is 1. The molecular weight excluding hydrogens is 455 g/mol. The third kappa shape index (κ3) is 5.17. The summed E-state index contributed by atoms with van der Waals surface area (Å²) in [6.07, 6.45) is -12.7. The maximum Gasteiger partial charge on any atom is 0.435 e. The van der Waals surface area contributed by atoms with Crippen molar-refractivity contribution in [3.05, 3.63) is 59.7 Å². The monoisotopic (exact) mass is 471 g/mol. The van der Waals surface area contributed by atoms with Gasteiger partial charge < -0.3 is 5.32 Å². The lowest BCUT2D eigenvalue weighted by atomic mass is 9.94. The van der Waals surface area contributed by atoms with Crippen LogP contribution in [0.2, 0.25) is 0 Å². The molecule has 12 heteroatoms. The lowest BCUT2D eigenvalue weighted by molar-refractivity contribution is -0.348. The minimum absolute atomic E-state index is 0.0683. The number of halogens is 7. The summed E-state index contributed by atoms with van der Waals surface area (Å²) in [4.78, 5) is 12.1. The molecule has 0 aliphatic carbocycles. The summed E-state index contributed by atoms with van der Waals surface area (Å²) in [5, 5.41) is 2.26. The number of benzene rings is 2. The van der Waals surface area contributed by atoms with Crippen LogP contribution in [0.5, 0.6) is 0 Å². The summed E-state index contributed by atoms with van der Waals surface area (Å²) in [5.41, 5.74) is -6.95. The fraction of sp³-hybridized carbons (Fsp3) is 0.316. The van der Waals surface area contributed by atoms with Crippen molar-refractivity contribution in [2.45, 2.75) is 36.3 Å². The Kier molecular flexibility index (Phi) is 6.74. The number of alkyl halides is 7. The number of rotatable bonds is 6. The maximum atomic E-state index is 14.0. The zero-order chi connectivity index (χ0) is 23.7. The predicted molar refractivity (Wildman–Crippen MR) is 97.8 cm³/mol. The molecule has 0 bridgehead atoms. The Bertz CT molecular complexity index is 1010. The zero-order valence-electron chi connectivity index (χ0n) is 15.8. The van der Waals surface area contributed by atoms with Crippen LogP contribution in [0.4, 0.5) is 36.4 Å². The third-order valence-corrected chi connectivity index (χ3v) is 6.13. The molecule has 0 saturated carbocycles. The van der Waals surface area contributed by atoms with Crippen molar-refractivity contribution < 1.29 is 43.9 Å². The highest BCUT2D eigenvalue weighted by Crippen LogP contribution is 2.53. The summed E-state index contributed by atoms with van der Waals surface area (Å²) < 4.78 is 114. The number of hydrogen-bond donors (Lipinski definition) is 1. The van der Waals surface area contributed by atoms with Gasteiger partial charge in [-0.2, -0.15) is 26.3 Å². The van der Waals surface area contributed by atoms with Crippen LogP contribution in [0.25, 0.3) is 0 Å². The van der Waals surface area contributed by atoms with Gasteiger partial charge >= 0.3 is 18.0 Å². The van der Waals surface area contributed by atoms with Crippen LogP contribution >= 0.6 is 0 Å². The van der Waals surface area contributed by atoms with Gasteiger partial charge in [0.2, 0.25) is 5.91 Å². The quantitative estimate of drug-likeness (QED) is 0.607. The fourth-order valence-corrected chi connectivity index (χ4v) is 3.53. The average Bonchev–Trinajstić information content (AvgIpc) is 2.66. The topological polar surface area (TPSA) is 63.2 Å². The van der Waals surface area contributed by atoms with E-state index in [-0.39, 0.29) is 22.8 Å². The molecule has 0 radical (unpaired) electrons. The molecule has 2 rings (SSSR count). The van der Waals surface area contributed by atoms with E-state index in [0.29, 0.717) is 17.7 Å². The number of amides is 1. The number of sulfone groups is 1. The summed E-state index contributed by atoms with van der Waals surface area (Å²) in [5.74, 6) is -0.775. The summed E-state index contributed by atoms with van der Waals surface area (Å²) in [7, 11) is -3.42. The molecule has 0 heterocycles. The highest BCUT2D eigenvalue weighted by Gasteiger charge is 2.73. The first-order chi connectivity index (χ1) is 14.1. The molecule has 170 valence electrons. The Labute approximate surface area is 173 Å². The molecule has 0 atom stereocenters. The molecule has 0 aliphatic rings. The van der Waals surface area contributed by atoms with Crippen LogP contribution in [-0.4, -0.2) is 32.4 Å². The molecule has 0 aromatic heterocycles. The van der Waals surface area contributed by atoms with Crippen molar-refractivity contribution in [1.82, 2.24) is 0 Å². The lowest BCUT2D eigenvalue weighted by Crippen LogP contribution is -2.50. The zero-order valence-corrected chi connectivity index (χ0v) is 16.6. The van der Waals surface area contributed by atoms with E-state index in [4.69, 9.17) is 0 Å². The van der Waals surface area contributed by atoms with Gasteiger partial charge in [-0.15, -0.1) is 0 Å². The minimum Gasteiger partial charge on any atom is -0.326 e. The highest BCUT2D eigenvalue weighted by atomic mass is 32.2. The smallest absolute Gasteiger partial charge is 0.326 e. The van der Waals surface area contributed by atoms with Gasteiger partial charge in [-0.05, 0) is 29.8 Å². The molecule has 1 N–H and O–H groups in total.